The normalized spacial score (nSPS) is 21.8. The van der Waals surface area contributed by atoms with Gasteiger partial charge in [-0.15, -0.1) is 0 Å². The Balaban J connectivity index is 1.90. The van der Waals surface area contributed by atoms with Gasteiger partial charge in [-0.25, -0.2) is 0 Å². The number of anilines is 1. The number of rotatable bonds is 2. The van der Waals surface area contributed by atoms with Gasteiger partial charge in [0, 0.05) is 31.2 Å². The van der Waals surface area contributed by atoms with Crippen LogP contribution in [-0.4, -0.2) is 42.4 Å². The smallest absolute Gasteiger partial charge is 0.240 e. The van der Waals surface area contributed by atoms with Gasteiger partial charge in [0.15, 0.2) is 0 Å². The first-order valence-corrected chi connectivity index (χ1v) is 11.0. The Morgan fingerprint density at radius 3 is 2.43 bits per heavy atom. The van der Waals surface area contributed by atoms with E-state index in [1.807, 2.05) is 41.8 Å². The lowest BCUT2D eigenvalue weighted by atomic mass is 10.0. The van der Waals surface area contributed by atoms with E-state index in [1.54, 1.807) is 0 Å². The molecule has 5 nitrogen and oxygen atoms in total. The first-order valence-electron chi connectivity index (χ1n) is 11.0. The third kappa shape index (κ3) is 5.13. The molecule has 0 radical (unpaired) electrons. The van der Waals surface area contributed by atoms with E-state index in [0.29, 0.717) is 6.54 Å². The molecule has 2 heterocycles. The molecule has 1 N–H and O–H groups in total. The predicted octanol–water partition coefficient (Wildman–Crippen LogP) is 3.72. The molecule has 1 aromatic carbocycles. The van der Waals surface area contributed by atoms with Crippen molar-refractivity contribution in [2.45, 2.75) is 71.4 Å². The van der Waals surface area contributed by atoms with Crippen molar-refractivity contribution < 1.29 is 9.59 Å². The molecule has 5 heteroatoms. The fourth-order valence-corrected chi connectivity index (χ4v) is 4.26. The topological polar surface area (TPSA) is 52.7 Å². The highest BCUT2D eigenvalue weighted by Crippen LogP contribution is 2.26. The number of nitrogens with one attached hydrogen (secondary N) is 1. The molecule has 0 spiro atoms. The van der Waals surface area contributed by atoms with Crippen molar-refractivity contribution in [1.29, 1.82) is 0 Å². The van der Waals surface area contributed by atoms with Gasteiger partial charge < -0.3 is 15.1 Å². The summed E-state index contributed by atoms with van der Waals surface area (Å²) in [5, 5.41) is 3.35. The summed E-state index contributed by atoms with van der Waals surface area (Å²) in [6.07, 6.45) is 7.50. The van der Waals surface area contributed by atoms with Crippen LogP contribution in [0.3, 0.4) is 0 Å². The first-order chi connectivity index (χ1) is 13.6. The maximum absolute atomic E-state index is 13.1. The summed E-state index contributed by atoms with van der Waals surface area (Å²) >= 11 is 0. The maximum Gasteiger partial charge on any atom is 0.240 e. The van der Waals surface area contributed by atoms with Crippen LogP contribution in [0.4, 0.5) is 5.69 Å². The molecule has 2 amide bonds. The highest BCUT2D eigenvalue weighted by molar-refractivity contribution is 5.95. The summed E-state index contributed by atoms with van der Waals surface area (Å²) in [4.78, 5) is 30.0. The summed E-state index contributed by atoms with van der Waals surface area (Å²) in [5.41, 5.74) is 2.04. The van der Waals surface area contributed by atoms with Crippen LogP contribution < -0.4 is 10.2 Å². The molecule has 1 atom stereocenters. The Labute approximate surface area is 169 Å². The highest BCUT2D eigenvalue weighted by Gasteiger charge is 2.28. The number of nitrogens with zero attached hydrogens (tertiary/aromatic N) is 2. The number of benzene rings is 1. The van der Waals surface area contributed by atoms with Crippen molar-refractivity contribution >= 4 is 17.5 Å². The fraction of sp³-hybridized carbons (Fsp3) is 0.652. The van der Waals surface area contributed by atoms with Crippen LogP contribution in [0.5, 0.6) is 0 Å². The van der Waals surface area contributed by atoms with Gasteiger partial charge in [0.05, 0.1) is 6.04 Å². The minimum atomic E-state index is -0.0477. The molecular formula is C23H35N3O2. The van der Waals surface area contributed by atoms with Crippen LogP contribution >= 0.6 is 0 Å². The van der Waals surface area contributed by atoms with Crippen molar-refractivity contribution in [3.63, 3.8) is 0 Å². The minimum absolute atomic E-state index is 0.0404. The Morgan fingerprint density at radius 2 is 1.71 bits per heavy atom. The largest absolute Gasteiger partial charge is 0.337 e. The summed E-state index contributed by atoms with van der Waals surface area (Å²) in [6.45, 7) is 6.98. The molecule has 28 heavy (non-hydrogen) atoms. The molecule has 0 aliphatic carbocycles. The Bertz CT molecular complexity index is 668. The lowest BCUT2D eigenvalue weighted by molar-refractivity contribution is -0.133. The third-order valence-electron chi connectivity index (χ3n) is 5.88. The molecule has 0 saturated carbocycles. The molecule has 1 aromatic rings. The number of carbonyl (C=O) groups is 2. The van der Waals surface area contributed by atoms with Crippen LogP contribution in [0.1, 0.15) is 64.4 Å². The lowest BCUT2D eigenvalue weighted by Crippen LogP contribution is -2.44. The number of amides is 2. The fourth-order valence-electron chi connectivity index (χ4n) is 4.26. The van der Waals surface area contributed by atoms with Crippen molar-refractivity contribution in [1.82, 2.24) is 10.2 Å². The zero-order valence-corrected chi connectivity index (χ0v) is 17.5. The number of para-hydroxylation sites is 1. The Kier molecular flexibility index (Phi) is 7.49. The van der Waals surface area contributed by atoms with Gasteiger partial charge in [0.2, 0.25) is 11.8 Å². The highest BCUT2D eigenvalue weighted by atomic mass is 16.2. The maximum atomic E-state index is 13.1. The van der Waals surface area contributed by atoms with E-state index in [0.717, 1.165) is 75.8 Å². The van der Waals surface area contributed by atoms with Gasteiger partial charge in [-0.05, 0) is 43.9 Å². The third-order valence-corrected chi connectivity index (χ3v) is 5.88. The van der Waals surface area contributed by atoms with E-state index in [1.165, 1.54) is 0 Å². The summed E-state index contributed by atoms with van der Waals surface area (Å²) in [7, 11) is 0. The monoisotopic (exact) mass is 385 g/mol. The standard InChI is InChI=1S/C23H35N3O2/c1-18(2)22(27)26-16-9-5-3-4-8-15-25(23(28)20-12-10-14-24-20)17-19-11-6-7-13-21(19)26/h6-7,11,13,18,20,24H,3-5,8-10,12,14-17H2,1-2H3. The van der Waals surface area contributed by atoms with E-state index in [-0.39, 0.29) is 23.8 Å². The molecule has 1 saturated heterocycles. The van der Waals surface area contributed by atoms with Gasteiger partial charge in [-0.2, -0.15) is 0 Å². The molecule has 0 bridgehead atoms. The minimum Gasteiger partial charge on any atom is -0.337 e. The molecule has 2 aliphatic rings. The second-order valence-corrected chi connectivity index (χ2v) is 8.45. The molecule has 3 rings (SSSR count). The molecule has 0 aromatic heterocycles. The van der Waals surface area contributed by atoms with E-state index < -0.39 is 0 Å². The molecule has 1 fully saturated rings. The van der Waals surface area contributed by atoms with Crippen LogP contribution in [0, 0.1) is 5.92 Å². The molecule has 154 valence electrons. The second kappa shape index (κ2) is 10.1. The van der Waals surface area contributed by atoms with Crippen molar-refractivity contribution in [2.24, 2.45) is 5.92 Å². The van der Waals surface area contributed by atoms with E-state index in [4.69, 9.17) is 0 Å². The number of carbonyl (C=O) groups excluding carboxylic acids is 2. The second-order valence-electron chi connectivity index (χ2n) is 8.45. The zero-order chi connectivity index (χ0) is 19.9. The Hall–Kier alpha value is -1.88. The van der Waals surface area contributed by atoms with Gasteiger partial charge in [-0.1, -0.05) is 51.3 Å². The zero-order valence-electron chi connectivity index (χ0n) is 17.5. The summed E-state index contributed by atoms with van der Waals surface area (Å²) in [5.74, 6) is 0.340. The molecule has 1 unspecified atom stereocenters. The van der Waals surface area contributed by atoms with E-state index >= 15 is 0 Å². The van der Waals surface area contributed by atoms with Gasteiger partial charge >= 0.3 is 0 Å². The predicted molar refractivity (Wildman–Crippen MR) is 113 cm³/mol. The van der Waals surface area contributed by atoms with Crippen molar-refractivity contribution in [2.75, 3.05) is 24.5 Å². The van der Waals surface area contributed by atoms with E-state index in [9.17, 15) is 9.59 Å². The van der Waals surface area contributed by atoms with Crippen molar-refractivity contribution in [3.05, 3.63) is 29.8 Å². The molecule has 2 aliphatic heterocycles. The van der Waals surface area contributed by atoms with Gasteiger partial charge in [0.25, 0.3) is 0 Å². The van der Waals surface area contributed by atoms with Crippen molar-refractivity contribution in [3.8, 4) is 0 Å². The SMILES string of the molecule is CC(C)C(=O)N1CCCCCCCN(C(=O)C2CCCN2)Cc2ccccc21. The molecular weight excluding hydrogens is 350 g/mol. The van der Waals surface area contributed by atoms with Crippen LogP contribution in [0.25, 0.3) is 0 Å². The average Bonchev–Trinajstić information content (AvgIpc) is 3.22. The first kappa shape index (κ1) is 20.8. The Morgan fingerprint density at radius 1 is 1.00 bits per heavy atom. The van der Waals surface area contributed by atoms with Gasteiger partial charge in [-0.3, -0.25) is 9.59 Å². The van der Waals surface area contributed by atoms with Gasteiger partial charge in [0.1, 0.15) is 0 Å². The number of fused-ring (bicyclic) bond motifs is 1. The van der Waals surface area contributed by atoms with E-state index in [2.05, 4.69) is 11.4 Å². The summed E-state index contributed by atoms with van der Waals surface area (Å²) in [6, 6.07) is 8.07. The number of hydrogen-bond donors (Lipinski definition) is 1. The number of hydrogen-bond acceptors (Lipinski definition) is 3. The van der Waals surface area contributed by atoms with Crippen LogP contribution in [0.15, 0.2) is 24.3 Å². The average molecular weight is 386 g/mol. The summed E-state index contributed by atoms with van der Waals surface area (Å²) < 4.78 is 0. The van der Waals surface area contributed by atoms with Crippen LogP contribution in [0.2, 0.25) is 0 Å². The lowest BCUT2D eigenvalue weighted by Gasteiger charge is -2.31. The van der Waals surface area contributed by atoms with Crippen LogP contribution in [-0.2, 0) is 16.1 Å². The quantitative estimate of drug-likeness (QED) is 0.844.